The molecule has 1 unspecified atom stereocenters. The predicted molar refractivity (Wildman–Crippen MR) is 109 cm³/mol. The minimum Gasteiger partial charge on any atom is -0.367 e. The van der Waals surface area contributed by atoms with Crippen molar-refractivity contribution in [1.82, 2.24) is 29.3 Å². The quantitative estimate of drug-likeness (QED) is 0.702. The van der Waals surface area contributed by atoms with E-state index in [1.165, 1.54) is 12.8 Å². The molecule has 1 atom stereocenters. The third-order valence-corrected chi connectivity index (χ3v) is 5.37. The Morgan fingerprint density at radius 1 is 1.14 bits per heavy atom. The summed E-state index contributed by atoms with van der Waals surface area (Å²) in [5, 5.41) is 12.3. The smallest absolute Gasteiger partial charge is 0.266 e. The normalized spacial score (nSPS) is 17.9. The summed E-state index contributed by atoms with van der Waals surface area (Å²) in [5.74, 6) is 0.866. The van der Waals surface area contributed by atoms with Crippen LogP contribution in [0.2, 0.25) is 0 Å². The fraction of sp³-hybridized carbons (Fsp3) is 0.500. The van der Waals surface area contributed by atoms with E-state index in [1.54, 1.807) is 23.0 Å². The van der Waals surface area contributed by atoms with Gasteiger partial charge in [-0.05, 0) is 45.4 Å². The van der Waals surface area contributed by atoms with Crippen LogP contribution in [0.1, 0.15) is 30.7 Å². The number of aromatic nitrogens is 5. The highest BCUT2D eigenvalue weighted by Crippen LogP contribution is 2.19. The summed E-state index contributed by atoms with van der Waals surface area (Å²) >= 11 is 0. The molecule has 0 amide bonds. The van der Waals surface area contributed by atoms with Crippen LogP contribution >= 0.6 is 0 Å². The SMILES string of the molecule is Cc1ccc(=O)n(CCN2CCCCC2CNc2nccn3nc(C)cc23)n1. The molecule has 1 N–H and O–H groups in total. The average Bonchev–Trinajstić information content (AvgIpc) is 3.08. The van der Waals surface area contributed by atoms with Gasteiger partial charge in [-0.1, -0.05) is 6.42 Å². The number of piperidine rings is 1. The second kappa shape index (κ2) is 8.10. The predicted octanol–water partition coefficient (Wildman–Crippen LogP) is 1.87. The van der Waals surface area contributed by atoms with Gasteiger partial charge < -0.3 is 5.32 Å². The first-order valence-corrected chi connectivity index (χ1v) is 9.94. The van der Waals surface area contributed by atoms with Crippen molar-refractivity contribution < 1.29 is 0 Å². The van der Waals surface area contributed by atoms with Gasteiger partial charge in [0.25, 0.3) is 5.56 Å². The fourth-order valence-electron chi connectivity index (χ4n) is 3.91. The zero-order valence-electron chi connectivity index (χ0n) is 16.5. The molecule has 4 rings (SSSR count). The Morgan fingerprint density at radius 2 is 2.04 bits per heavy atom. The minimum absolute atomic E-state index is 0.0377. The number of nitrogens with zero attached hydrogens (tertiary/aromatic N) is 6. The molecule has 8 nitrogen and oxygen atoms in total. The molecule has 148 valence electrons. The third kappa shape index (κ3) is 4.06. The first-order chi connectivity index (χ1) is 13.6. The van der Waals surface area contributed by atoms with Gasteiger partial charge in [-0.3, -0.25) is 9.69 Å². The van der Waals surface area contributed by atoms with Crippen LogP contribution in [0.15, 0.2) is 35.4 Å². The van der Waals surface area contributed by atoms with Crippen LogP contribution < -0.4 is 10.9 Å². The number of fused-ring (bicyclic) bond motifs is 1. The molecular weight excluding hydrogens is 354 g/mol. The van der Waals surface area contributed by atoms with Gasteiger partial charge in [-0.2, -0.15) is 10.2 Å². The van der Waals surface area contributed by atoms with E-state index in [4.69, 9.17) is 0 Å². The molecule has 3 aromatic heterocycles. The number of hydrogen-bond acceptors (Lipinski definition) is 6. The Hall–Kier alpha value is -2.74. The molecule has 3 aromatic rings. The van der Waals surface area contributed by atoms with Crippen molar-refractivity contribution in [3.8, 4) is 0 Å². The van der Waals surface area contributed by atoms with Gasteiger partial charge >= 0.3 is 0 Å². The fourth-order valence-corrected chi connectivity index (χ4v) is 3.91. The summed E-state index contributed by atoms with van der Waals surface area (Å²) < 4.78 is 3.44. The molecule has 0 radical (unpaired) electrons. The lowest BCUT2D eigenvalue weighted by atomic mass is 10.0. The van der Waals surface area contributed by atoms with Crippen molar-refractivity contribution in [2.75, 3.05) is 25.0 Å². The second-order valence-electron chi connectivity index (χ2n) is 7.49. The van der Waals surface area contributed by atoms with E-state index in [0.717, 1.165) is 48.8 Å². The van der Waals surface area contributed by atoms with Crippen molar-refractivity contribution in [2.24, 2.45) is 0 Å². The van der Waals surface area contributed by atoms with E-state index in [1.807, 2.05) is 30.6 Å². The van der Waals surface area contributed by atoms with E-state index in [2.05, 4.69) is 25.4 Å². The molecule has 28 heavy (non-hydrogen) atoms. The molecule has 1 saturated heterocycles. The maximum absolute atomic E-state index is 12.0. The topological polar surface area (TPSA) is 80.4 Å². The Kier molecular flexibility index (Phi) is 5.38. The Balaban J connectivity index is 1.42. The van der Waals surface area contributed by atoms with Gasteiger partial charge in [0, 0.05) is 37.6 Å². The summed E-state index contributed by atoms with van der Waals surface area (Å²) in [4.78, 5) is 19.0. The standard InChI is InChI=1S/C20H27N7O/c1-15-6-7-19(28)27(23-15)12-11-25-9-4-3-5-17(25)14-22-20-18-13-16(2)24-26(18)10-8-21-20/h6-8,10,13,17H,3-5,9,11-12,14H2,1-2H3,(H,21,22). The van der Waals surface area contributed by atoms with Crippen LogP contribution in [0, 0.1) is 13.8 Å². The largest absolute Gasteiger partial charge is 0.367 e. The molecule has 0 spiro atoms. The van der Waals surface area contributed by atoms with Crippen LogP contribution in [0.5, 0.6) is 0 Å². The molecule has 0 aromatic carbocycles. The van der Waals surface area contributed by atoms with Crippen molar-refractivity contribution in [3.63, 3.8) is 0 Å². The highest BCUT2D eigenvalue weighted by molar-refractivity contribution is 5.67. The highest BCUT2D eigenvalue weighted by atomic mass is 16.1. The van der Waals surface area contributed by atoms with Gasteiger partial charge in [-0.15, -0.1) is 0 Å². The van der Waals surface area contributed by atoms with E-state index < -0.39 is 0 Å². The van der Waals surface area contributed by atoms with Crippen LogP contribution in [0.4, 0.5) is 5.82 Å². The monoisotopic (exact) mass is 381 g/mol. The summed E-state index contributed by atoms with van der Waals surface area (Å²) in [6.07, 6.45) is 7.21. The van der Waals surface area contributed by atoms with Gasteiger partial charge in [0.05, 0.1) is 17.9 Å². The molecule has 0 bridgehead atoms. The van der Waals surface area contributed by atoms with Gasteiger partial charge in [-0.25, -0.2) is 14.2 Å². The van der Waals surface area contributed by atoms with Crippen LogP contribution in [0.25, 0.3) is 5.52 Å². The number of nitrogens with one attached hydrogen (secondary N) is 1. The lowest BCUT2D eigenvalue weighted by Gasteiger charge is -2.36. The van der Waals surface area contributed by atoms with Gasteiger partial charge in [0.2, 0.25) is 0 Å². The Labute approximate surface area is 164 Å². The van der Waals surface area contributed by atoms with Crippen LogP contribution in [0.3, 0.4) is 0 Å². The zero-order chi connectivity index (χ0) is 19.5. The first-order valence-electron chi connectivity index (χ1n) is 9.94. The summed E-state index contributed by atoms with van der Waals surface area (Å²) in [6, 6.07) is 5.82. The summed E-state index contributed by atoms with van der Waals surface area (Å²) in [6.45, 7) is 7.22. The lowest BCUT2D eigenvalue weighted by molar-refractivity contribution is 0.148. The maximum Gasteiger partial charge on any atom is 0.266 e. The number of anilines is 1. The first kappa shape index (κ1) is 18.6. The minimum atomic E-state index is -0.0377. The van der Waals surface area contributed by atoms with Crippen LogP contribution in [-0.4, -0.2) is 55.0 Å². The molecule has 4 heterocycles. The number of hydrogen-bond donors (Lipinski definition) is 1. The Bertz CT molecular complexity index is 1010. The van der Waals surface area contributed by atoms with E-state index in [0.29, 0.717) is 12.6 Å². The van der Waals surface area contributed by atoms with Crippen molar-refractivity contribution >= 4 is 11.3 Å². The average molecular weight is 381 g/mol. The van der Waals surface area contributed by atoms with Crippen molar-refractivity contribution in [1.29, 1.82) is 0 Å². The zero-order valence-corrected chi connectivity index (χ0v) is 16.5. The lowest BCUT2D eigenvalue weighted by Crippen LogP contribution is -2.45. The van der Waals surface area contributed by atoms with Crippen LogP contribution in [-0.2, 0) is 6.54 Å². The van der Waals surface area contributed by atoms with Crippen molar-refractivity contribution in [3.05, 3.63) is 52.3 Å². The third-order valence-electron chi connectivity index (χ3n) is 5.37. The number of aryl methyl sites for hydroxylation is 2. The Morgan fingerprint density at radius 3 is 2.93 bits per heavy atom. The molecule has 1 aliphatic heterocycles. The molecule has 0 aliphatic carbocycles. The van der Waals surface area contributed by atoms with Gasteiger partial charge in [0.1, 0.15) is 5.52 Å². The van der Waals surface area contributed by atoms with Crippen molar-refractivity contribution in [2.45, 2.75) is 45.7 Å². The number of likely N-dealkylation sites (tertiary alicyclic amines) is 1. The second-order valence-corrected chi connectivity index (χ2v) is 7.49. The summed E-state index contributed by atoms with van der Waals surface area (Å²) in [7, 11) is 0. The van der Waals surface area contributed by atoms with E-state index in [9.17, 15) is 4.79 Å². The molecule has 1 fully saturated rings. The number of rotatable bonds is 6. The van der Waals surface area contributed by atoms with Gasteiger partial charge in [0.15, 0.2) is 5.82 Å². The van der Waals surface area contributed by atoms with E-state index >= 15 is 0 Å². The molecule has 0 saturated carbocycles. The van der Waals surface area contributed by atoms with E-state index in [-0.39, 0.29) is 5.56 Å². The highest BCUT2D eigenvalue weighted by Gasteiger charge is 2.22. The molecule has 1 aliphatic rings. The molecule has 8 heteroatoms. The molecular formula is C20H27N7O. The maximum atomic E-state index is 12.0. The summed E-state index contributed by atoms with van der Waals surface area (Å²) in [5.41, 5.74) is 2.81.